The second-order valence-corrected chi connectivity index (χ2v) is 7.15. The van der Waals surface area contributed by atoms with Gasteiger partial charge in [-0.15, -0.1) is 0 Å². The molecule has 0 aliphatic carbocycles. The maximum atomic E-state index is 10.3. The minimum atomic E-state index is -0.549. The van der Waals surface area contributed by atoms with E-state index in [0.29, 0.717) is 18.0 Å². The van der Waals surface area contributed by atoms with Crippen LogP contribution < -0.4 is 14.8 Å². The zero-order valence-electron chi connectivity index (χ0n) is 17.0. The number of aliphatic hydroxyl groups excluding tert-OH is 1. The summed E-state index contributed by atoms with van der Waals surface area (Å²) in [6.45, 7) is 5.60. The van der Waals surface area contributed by atoms with Crippen LogP contribution in [0.25, 0.3) is 0 Å². The minimum Gasteiger partial charge on any atom is -0.493 e. The summed E-state index contributed by atoms with van der Waals surface area (Å²) in [6.07, 6.45) is 4.04. The number of pyridine rings is 1. The number of aliphatic hydroxyl groups is 1. The number of β-amino-alcohol motifs (C(OH)–C–C–N with tert-alkyl or cyclic N) is 1. The number of nitrogens with zero attached hydrogens (tertiary/aromatic N) is 2. The van der Waals surface area contributed by atoms with Crippen LogP contribution in [0.15, 0.2) is 42.7 Å². The van der Waals surface area contributed by atoms with E-state index in [1.165, 1.54) is 5.56 Å². The average Bonchev–Trinajstić information content (AvgIpc) is 2.77. The number of hydrogen-bond donors (Lipinski definition) is 2. The Balaban J connectivity index is 1.42. The number of hydrogen-bond acceptors (Lipinski definition) is 7. The van der Waals surface area contributed by atoms with Gasteiger partial charge in [0.25, 0.3) is 0 Å². The summed E-state index contributed by atoms with van der Waals surface area (Å²) in [4.78, 5) is 6.22. The third-order valence-corrected chi connectivity index (χ3v) is 4.90. The number of ether oxygens (including phenoxy) is 3. The molecule has 1 fully saturated rings. The molecule has 0 bridgehead atoms. The predicted molar refractivity (Wildman–Crippen MR) is 111 cm³/mol. The summed E-state index contributed by atoms with van der Waals surface area (Å²) < 4.78 is 16.6. The fourth-order valence-electron chi connectivity index (χ4n) is 3.28. The van der Waals surface area contributed by atoms with Gasteiger partial charge in [0, 0.05) is 38.6 Å². The first-order valence-electron chi connectivity index (χ1n) is 10.1. The molecule has 7 nitrogen and oxygen atoms in total. The highest BCUT2D eigenvalue weighted by Crippen LogP contribution is 2.28. The fourth-order valence-corrected chi connectivity index (χ4v) is 3.28. The molecule has 2 heterocycles. The van der Waals surface area contributed by atoms with Crippen molar-refractivity contribution in [1.29, 1.82) is 0 Å². The van der Waals surface area contributed by atoms with Crippen LogP contribution in [0.4, 0.5) is 0 Å². The van der Waals surface area contributed by atoms with Crippen molar-refractivity contribution < 1.29 is 19.3 Å². The quantitative estimate of drug-likeness (QED) is 0.553. The molecule has 1 saturated heterocycles. The Kier molecular flexibility index (Phi) is 8.70. The third kappa shape index (κ3) is 7.29. The van der Waals surface area contributed by atoms with Gasteiger partial charge < -0.3 is 24.6 Å². The highest BCUT2D eigenvalue weighted by atomic mass is 16.5. The maximum absolute atomic E-state index is 10.3. The van der Waals surface area contributed by atoms with Gasteiger partial charge >= 0.3 is 0 Å². The van der Waals surface area contributed by atoms with E-state index in [4.69, 9.17) is 14.2 Å². The number of morpholine rings is 1. The first-order valence-corrected chi connectivity index (χ1v) is 10.1. The maximum Gasteiger partial charge on any atom is 0.161 e. The monoisotopic (exact) mass is 401 g/mol. The topological polar surface area (TPSA) is 76.1 Å². The summed E-state index contributed by atoms with van der Waals surface area (Å²) in [5.74, 6) is 1.33. The number of benzene rings is 1. The Labute approximate surface area is 172 Å². The Hall–Kier alpha value is -2.19. The lowest BCUT2D eigenvalue weighted by atomic mass is 10.1. The van der Waals surface area contributed by atoms with E-state index in [0.717, 1.165) is 51.4 Å². The van der Waals surface area contributed by atoms with Crippen LogP contribution in [0.5, 0.6) is 11.5 Å². The fraction of sp³-hybridized carbons (Fsp3) is 0.500. The van der Waals surface area contributed by atoms with E-state index in [9.17, 15) is 5.11 Å². The van der Waals surface area contributed by atoms with Crippen LogP contribution in [0.2, 0.25) is 0 Å². The van der Waals surface area contributed by atoms with Gasteiger partial charge in [0.1, 0.15) is 12.7 Å². The molecule has 1 aliphatic heterocycles. The summed E-state index contributed by atoms with van der Waals surface area (Å²) in [5, 5.41) is 13.7. The van der Waals surface area contributed by atoms with Gasteiger partial charge in [-0.1, -0.05) is 6.07 Å². The Morgan fingerprint density at radius 2 is 1.93 bits per heavy atom. The SMILES string of the molecule is COc1cc(CNCCc2ccncc2)ccc1OC[C@H](O)CN1CCOCC1. The van der Waals surface area contributed by atoms with Gasteiger partial charge in [0.15, 0.2) is 11.5 Å². The van der Waals surface area contributed by atoms with Gasteiger partial charge in [-0.05, 0) is 48.4 Å². The normalized spacial score (nSPS) is 15.8. The molecule has 1 atom stereocenters. The zero-order valence-corrected chi connectivity index (χ0v) is 17.0. The number of aromatic nitrogens is 1. The summed E-state index contributed by atoms with van der Waals surface area (Å²) >= 11 is 0. The molecule has 2 N–H and O–H groups in total. The molecule has 3 rings (SSSR count). The Morgan fingerprint density at radius 3 is 2.69 bits per heavy atom. The molecule has 158 valence electrons. The summed E-state index contributed by atoms with van der Waals surface area (Å²) in [6, 6.07) is 9.96. The molecule has 0 radical (unpaired) electrons. The largest absolute Gasteiger partial charge is 0.493 e. The zero-order chi connectivity index (χ0) is 20.3. The van der Waals surface area contributed by atoms with E-state index in [-0.39, 0.29) is 6.61 Å². The Bertz CT molecular complexity index is 723. The average molecular weight is 402 g/mol. The van der Waals surface area contributed by atoms with Crippen molar-refractivity contribution in [3.63, 3.8) is 0 Å². The molecule has 0 saturated carbocycles. The van der Waals surface area contributed by atoms with E-state index >= 15 is 0 Å². The molecule has 1 aliphatic rings. The van der Waals surface area contributed by atoms with E-state index < -0.39 is 6.10 Å². The molecule has 2 aromatic rings. The first-order chi connectivity index (χ1) is 14.2. The van der Waals surface area contributed by atoms with Crippen LogP contribution in [0.1, 0.15) is 11.1 Å². The molecule has 1 aromatic carbocycles. The van der Waals surface area contributed by atoms with Gasteiger partial charge in [-0.2, -0.15) is 0 Å². The lowest BCUT2D eigenvalue weighted by molar-refractivity contribution is 0.00445. The van der Waals surface area contributed by atoms with Gasteiger partial charge in [0.05, 0.1) is 20.3 Å². The molecule has 0 spiro atoms. The minimum absolute atomic E-state index is 0.233. The summed E-state index contributed by atoms with van der Waals surface area (Å²) in [5.41, 5.74) is 2.39. The smallest absolute Gasteiger partial charge is 0.161 e. The van der Waals surface area contributed by atoms with Crippen molar-refractivity contribution in [3.05, 3.63) is 53.9 Å². The second kappa shape index (κ2) is 11.7. The van der Waals surface area contributed by atoms with Crippen molar-refractivity contribution >= 4 is 0 Å². The van der Waals surface area contributed by atoms with Crippen LogP contribution >= 0.6 is 0 Å². The molecule has 29 heavy (non-hydrogen) atoms. The van der Waals surface area contributed by atoms with Crippen molar-refractivity contribution in [1.82, 2.24) is 15.2 Å². The van der Waals surface area contributed by atoms with Crippen molar-refractivity contribution in [2.45, 2.75) is 19.1 Å². The Morgan fingerprint density at radius 1 is 1.14 bits per heavy atom. The lowest BCUT2D eigenvalue weighted by Crippen LogP contribution is -2.42. The van der Waals surface area contributed by atoms with Crippen LogP contribution in [-0.2, 0) is 17.7 Å². The molecule has 0 amide bonds. The van der Waals surface area contributed by atoms with Gasteiger partial charge in [0.2, 0.25) is 0 Å². The summed E-state index contributed by atoms with van der Waals surface area (Å²) in [7, 11) is 1.63. The standard InChI is InChI=1S/C22H31N3O4/c1-27-22-14-19(15-24-9-6-18-4-7-23-8-5-18)2-3-21(22)29-17-20(26)16-25-10-12-28-13-11-25/h2-5,7-8,14,20,24,26H,6,9-13,15-17H2,1H3/t20-/m1/s1. The van der Waals surface area contributed by atoms with Crippen LogP contribution in [0.3, 0.4) is 0 Å². The molecule has 0 unspecified atom stereocenters. The molecular weight excluding hydrogens is 370 g/mol. The first kappa shape index (κ1) is 21.5. The van der Waals surface area contributed by atoms with E-state index in [1.807, 2.05) is 42.7 Å². The highest BCUT2D eigenvalue weighted by molar-refractivity contribution is 5.43. The van der Waals surface area contributed by atoms with Gasteiger partial charge in [-0.3, -0.25) is 9.88 Å². The van der Waals surface area contributed by atoms with Crippen LogP contribution in [0, 0.1) is 0 Å². The van der Waals surface area contributed by atoms with Crippen molar-refractivity contribution in [2.75, 3.05) is 53.1 Å². The van der Waals surface area contributed by atoms with E-state index in [1.54, 1.807) is 7.11 Å². The van der Waals surface area contributed by atoms with Crippen LogP contribution in [-0.4, -0.2) is 74.2 Å². The lowest BCUT2D eigenvalue weighted by Gasteiger charge is -2.28. The third-order valence-electron chi connectivity index (χ3n) is 4.90. The number of rotatable bonds is 11. The number of nitrogens with one attached hydrogen (secondary N) is 1. The molecule has 7 heteroatoms. The van der Waals surface area contributed by atoms with Gasteiger partial charge in [-0.25, -0.2) is 0 Å². The van der Waals surface area contributed by atoms with Crippen molar-refractivity contribution in [3.8, 4) is 11.5 Å². The predicted octanol–water partition coefficient (Wildman–Crippen LogP) is 1.49. The highest BCUT2D eigenvalue weighted by Gasteiger charge is 2.16. The molecular formula is C22H31N3O4. The number of methoxy groups -OCH3 is 1. The van der Waals surface area contributed by atoms with E-state index in [2.05, 4.69) is 15.2 Å². The second-order valence-electron chi connectivity index (χ2n) is 7.15. The van der Waals surface area contributed by atoms with Crippen molar-refractivity contribution in [2.24, 2.45) is 0 Å². The molecule has 1 aromatic heterocycles.